The maximum Gasteiger partial charge on any atom is 0.147 e. The molecular formula is C42H47Br3Cl2O12. The average Bonchev–Trinajstić information content (AvgIpc) is 3.21. The topological polar surface area (TPSA) is 199 Å². The third-order valence-electron chi connectivity index (χ3n) is 10.0. The fourth-order valence-electron chi connectivity index (χ4n) is 6.93. The van der Waals surface area contributed by atoms with Crippen molar-refractivity contribution in [2.24, 2.45) is 0 Å². The van der Waals surface area contributed by atoms with E-state index < -0.39 is 74.3 Å². The summed E-state index contributed by atoms with van der Waals surface area (Å²) in [4.78, 5) is 0. The monoisotopic (exact) mass is 1050 g/mol. The van der Waals surface area contributed by atoms with E-state index in [1.54, 1.807) is 36.4 Å². The molecule has 8 N–H and O–H groups in total. The minimum absolute atomic E-state index is 0.470. The average molecular weight is 1050 g/mol. The quantitative estimate of drug-likeness (QED) is 0.0829. The van der Waals surface area contributed by atoms with Crippen LogP contribution in [0.1, 0.15) is 59.4 Å². The van der Waals surface area contributed by atoms with Crippen LogP contribution in [0.15, 0.2) is 80.1 Å². The molecule has 2 heterocycles. The molecule has 0 unspecified atom stereocenters. The van der Waals surface area contributed by atoms with Crippen molar-refractivity contribution in [2.75, 3.05) is 26.4 Å². The lowest BCUT2D eigenvalue weighted by Gasteiger charge is -2.40. The van der Waals surface area contributed by atoms with Gasteiger partial charge in [-0.3, -0.25) is 0 Å². The Bertz CT molecular complexity index is 2000. The van der Waals surface area contributed by atoms with E-state index in [0.717, 1.165) is 47.2 Å². The first-order chi connectivity index (χ1) is 28.1. The van der Waals surface area contributed by atoms with Crippen molar-refractivity contribution in [3.05, 3.63) is 124 Å². The van der Waals surface area contributed by atoms with Crippen LogP contribution in [0.25, 0.3) is 0 Å². The van der Waals surface area contributed by atoms with Gasteiger partial charge in [0.2, 0.25) is 0 Å². The molecule has 2 aliphatic rings. The predicted molar refractivity (Wildman–Crippen MR) is 232 cm³/mol. The Hall–Kier alpha value is -1.90. The zero-order valence-electron chi connectivity index (χ0n) is 32.0. The maximum atomic E-state index is 10.4. The van der Waals surface area contributed by atoms with E-state index in [1.165, 1.54) is 0 Å². The predicted octanol–water partition coefficient (Wildman–Crippen LogP) is 5.98. The van der Waals surface area contributed by atoms with Crippen molar-refractivity contribution in [2.45, 2.75) is 87.7 Å². The van der Waals surface area contributed by atoms with Gasteiger partial charge in [-0.2, -0.15) is 0 Å². The molecule has 59 heavy (non-hydrogen) atoms. The lowest BCUT2D eigenvalue weighted by molar-refractivity contribution is -0.231. The Morgan fingerprint density at radius 3 is 1.41 bits per heavy atom. The van der Waals surface area contributed by atoms with E-state index >= 15 is 0 Å². The highest BCUT2D eigenvalue weighted by Crippen LogP contribution is 2.39. The molecule has 2 fully saturated rings. The summed E-state index contributed by atoms with van der Waals surface area (Å²) in [5, 5.41) is 80.8. The fourth-order valence-corrected chi connectivity index (χ4v) is 9.35. The van der Waals surface area contributed by atoms with Crippen molar-refractivity contribution in [1.82, 2.24) is 0 Å². The fraction of sp³-hybridized carbons (Fsp3) is 0.429. The summed E-state index contributed by atoms with van der Waals surface area (Å²) < 4.78 is 24.9. The lowest BCUT2D eigenvalue weighted by Crippen LogP contribution is -2.55. The molecular weight excluding hydrogens is 1010 g/mol. The second kappa shape index (κ2) is 21.9. The first-order valence-electron chi connectivity index (χ1n) is 18.8. The van der Waals surface area contributed by atoms with Gasteiger partial charge in [0.15, 0.2) is 0 Å². The molecule has 2 saturated heterocycles. The van der Waals surface area contributed by atoms with E-state index in [-0.39, 0.29) is 0 Å². The lowest BCUT2D eigenvalue weighted by atomic mass is 9.90. The molecule has 2 aliphatic heterocycles. The smallest absolute Gasteiger partial charge is 0.147 e. The van der Waals surface area contributed by atoms with Gasteiger partial charge in [-0.25, -0.2) is 0 Å². The van der Waals surface area contributed by atoms with Gasteiger partial charge in [0.1, 0.15) is 72.5 Å². The summed E-state index contributed by atoms with van der Waals surface area (Å²) in [6.07, 6.45) is -11.0. The third kappa shape index (κ3) is 11.6. The third-order valence-corrected chi connectivity index (χ3v) is 12.5. The van der Waals surface area contributed by atoms with Crippen LogP contribution < -0.4 is 9.47 Å². The molecule has 6 rings (SSSR count). The van der Waals surface area contributed by atoms with Crippen molar-refractivity contribution in [3.63, 3.8) is 0 Å². The Kier molecular flexibility index (Phi) is 17.9. The van der Waals surface area contributed by atoms with Crippen LogP contribution in [-0.4, -0.2) is 116 Å². The van der Waals surface area contributed by atoms with Crippen LogP contribution in [0.4, 0.5) is 0 Å². The summed E-state index contributed by atoms with van der Waals surface area (Å²) in [6, 6.07) is 20.1. The number of hydrogen-bond donors (Lipinski definition) is 8. The molecule has 17 heteroatoms. The van der Waals surface area contributed by atoms with Gasteiger partial charge in [0, 0.05) is 10.0 Å². The van der Waals surface area contributed by atoms with Gasteiger partial charge >= 0.3 is 0 Å². The number of aliphatic hydroxyl groups excluding tert-OH is 8. The zero-order chi connectivity index (χ0) is 43.1. The van der Waals surface area contributed by atoms with Crippen LogP contribution in [0, 0.1) is 0 Å². The normalized spacial score (nSPS) is 26.8. The summed E-state index contributed by atoms with van der Waals surface area (Å²) in [5.41, 5.74) is 4.80. The van der Waals surface area contributed by atoms with Crippen LogP contribution in [0.3, 0.4) is 0 Å². The molecule has 322 valence electrons. The van der Waals surface area contributed by atoms with Crippen molar-refractivity contribution < 1.29 is 59.8 Å². The van der Waals surface area contributed by atoms with Crippen LogP contribution >= 0.6 is 71.0 Å². The summed E-state index contributed by atoms with van der Waals surface area (Å²) in [5.74, 6) is 1.49. The summed E-state index contributed by atoms with van der Waals surface area (Å²) in [7, 11) is 0. The highest BCUT2D eigenvalue weighted by molar-refractivity contribution is 9.11. The molecule has 0 radical (unpaired) electrons. The van der Waals surface area contributed by atoms with Crippen molar-refractivity contribution in [1.29, 1.82) is 0 Å². The second-order valence-electron chi connectivity index (χ2n) is 14.1. The number of hydrogen-bond acceptors (Lipinski definition) is 12. The van der Waals surface area contributed by atoms with Gasteiger partial charge < -0.3 is 59.8 Å². The van der Waals surface area contributed by atoms with Crippen LogP contribution in [-0.2, 0) is 22.3 Å². The van der Waals surface area contributed by atoms with Gasteiger partial charge in [-0.1, -0.05) is 53.5 Å². The van der Waals surface area contributed by atoms with Crippen molar-refractivity contribution in [3.8, 4) is 11.5 Å². The molecule has 4 aromatic carbocycles. The molecule has 12 nitrogen and oxygen atoms in total. The molecule has 0 aliphatic carbocycles. The number of benzene rings is 4. The first-order valence-corrected chi connectivity index (χ1v) is 21.9. The van der Waals surface area contributed by atoms with E-state index in [4.69, 9.17) is 42.1 Å². The van der Waals surface area contributed by atoms with E-state index in [0.29, 0.717) is 47.2 Å². The molecule has 0 spiro atoms. The van der Waals surface area contributed by atoms with Gasteiger partial charge in [-0.15, -0.1) is 0 Å². The van der Waals surface area contributed by atoms with Gasteiger partial charge in [0.25, 0.3) is 0 Å². The van der Waals surface area contributed by atoms with Gasteiger partial charge in [-0.05, 0) is 144 Å². The Morgan fingerprint density at radius 1 is 0.542 bits per heavy atom. The Labute approximate surface area is 377 Å². The Morgan fingerprint density at radius 2 is 0.983 bits per heavy atom. The Balaban J connectivity index is 0.000000224. The van der Waals surface area contributed by atoms with Gasteiger partial charge in [0.05, 0.1) is 39.8 Å². The largest absolute Gasteiger partial charge is 0.493 e. The van der Waals surface area contributed by atoms with E-state index in [1.807, 2.05) is 44.2 Å². The first kappa shape index (κ1) is 48.1. The number of ether oxygens (including phenoxy) is 4. The molecule has 0 saturated carbocycles. The standard InChI is InChI=1S/C21H23Br2ClO6.C21H24BrClO6/c1-2-29-21-13(22)6-10(7-14(21)23)5-12-8-11(3-4-15(12)24)20-19(28)18(27)17(26)16(9-25)30-20;1-2-28-16-6-3-11(8-14(16)22)7-13-9-12(4-5-15(13)23)21-20(27)19(26)18(25)17(10-24)29-21/h3-4,6-8,16-20,25-28H,2,5,9H2,1H3;3-6,8-9,17-21,24-27H,2,7,10H2,1H3/t16-,17-,18+,19-,20+;17-,18-,19+,20-,21+/m11/s1. The zero-order valence-corrected chi connectivity index (χ0v) is 38.2. The second-order valence-corrected chi connectivity index (χ2v) is 17.5. The van der Waals surface area contributed by atoms with Crippen LogP contribution in [0.5, 0.6) is 11.5 Å². The number of halogens is 5. The van der Waals surface area contributed by atoms with E-state index in [9.17, 15) is 40.9 Å². The molecule has 0 aromatic heterocycles. The van der Waals surface area contributed by atoms with Crippen LogP contribution in [0.2, 0.25) is 10.0 Å². The highest BCUT2D eigenvalue weighted by atomic mass is 79.9. The summed E-state index contributed by atoms with van der Waals surface area (Å²) in [6.45, 7) is 4.01. The molecule has 0 bridgehead atoms. The number of rotatable bonds is 12. The molecule has 4 aromatic rings. The highest BCUT2D eigenvalue weighted by Gasteiger charge is 2.45. The van der Waals surface area contributed by atoms with E-state index in [2.05, 4.69) is 47.8 Å². The maximum absolute atomic E-state index is 10.4. The molecule has 10 atom stereocenters. The number of aliphatic hydroxyl groups is 8. The molecule has 0 amide bonds. The summed E-state index contributed by atoms with van der Waals surface area (Å²) >= 11 is 23.3. The minimum Gasteiger partial charge on any atom is -0.493 e. The SMILES string of the molecule is CCOc1c(Br)cc(Cc2cc([C@@H]3O[C@H](CO)[C@@H](O)[C@H](O)[C@H]3O)ccc2Cl)cc1Br.CCOc1ccc(Cc2cc([C@@H]3O[C@H](CO)[C@@H](O)[C@H](O)[C@H]3O)ccc2Cl)cc1Br. The van der Waals surface area contributed by atoms with Crippen molar-refractivity contribution >= 4 is 71.0 Å². The minimum atomic E-state index is -1.43.